The SMILES string of the molecule is CCOc1cc(CNc2ccc(F)cc2F)ccc1OC. The quantitative estimate of drug-likeness (QED) is 0.873. The standard InChI is InChI=1S/C16H17F2NO2/c1-3-21-16-8-11(4-7-15(16)20-2)10-19-14-6-5-12(17)9-13(14)18/h4-9,19H,3,10H2,1-2H3. The average Bonchev–Trinajstić information content (AvgIpc) is 2.47. The molecule has 0 unspecified atom stereocenters. The zero-order valence-corrected chi connectivity index (χ0v) is 12.0. The van der Waals surface area contributed by atoms with Gasteiger partial charge in [0.2, 0.25) is 0 Å². The largest absolute Gasteiger partial charge is 0.493 e. The molecule has 0 amide bonds. The predicted molar refractivity (Wildman–Crippen MR) is 77.8 cm³/mol. The molecule has 0 aromatic heterocycles. The molecule has 0 heterocycles. The van der Waals surface area contributed by atoms with Crippen molar-refractivity contribution in [3.63, 3.8) is 0 Å². The van der Waals surface area contributed by atoms with Gasteiger partial charge in [-0.2, -0.15) is 0 Å². The molecule has 0 aliphatic heterocycles. The van der Waals surface area contributed by atoms with E-state index in [1.807, 2.05) is 19.1 Å². The van der Waals surface area contributed by atoms with Gasteiger partial charge in [-0.15, -0.1) is 0 Å². The van der Waals surface area contributed by atoms with Crippen LogP contribution < -0.4 is 14.8 Å². The van der Waals surface area contributed by atoms with Gasteiger partial charge in [0.15, 0.2) is 11.5 Å². The molecular formula is C16H17F2NO2. The second-order valence-electron chi connectivity index (χ2n) is 4.40. The molecule has 0 aliphatic rings. The smallest absolute Gasteiger partial charge is 0.161 e. The van der Waals surface area contributed by atoms with E-state index in [9.17, 15) is 8.78 Å². The summed E-state index contributed by atoms with van der Waals surface area (Å²) in [6.45, 7) is 2.81. The lowest BCUT2D eigenvalue weighted by molar-refractivity contribution is 0.310. The Balaban J connectivity index is 2.10. The van der Waals surface area contributed by atoms with Gasteiger partial charge in [0.25, 0.3) is 0 Å². The van der Waals surface area contributed by atoms with Crippen LogP contribution in [-0.2, 0) is 6.54 Å². The highest BCUT2D eigenvalue weighted by molar-refractivity contribution is 5.47. The van der Waals surface area contributed by atoms with E-state index in [-0.39, 0.29) is 5.69 Å². The highest BCUT2D eigenvalue weighted by atomic mass is 19.1. The van der Waals surface area contributed by atoms with Crippen molar-refractivity contribution in [3.05, 3.63) is 53.6 Å². The van der Waals surface area contributed by atoms with Crippen molar-refractivity contribution < 1.29 is 18.3 Å². The summed E-state index contributed by atoms with van der Waals surface area (Å²) >= 11 is 0. The number of hydrogen-bond donors (Lipinski definition) is 1. The predicted octanol–water partition coefficient (Wildman–Crippen LogP) is 3.98. The zero-order chi connectivity index (χ0) is 15.2. The van der Waals surface area contributed by atoms with Gasteiger partial charge >= 0.3 is 0 Å². The first-order valence-corrected chi connectivity index (χ1v) is 6.62. The molecule has 3 nitrogen and oxygen atoms in total. The summed E-state index contributed by atoms with van der Waals surface area (Å²) in [6, 6.07) is 8.92. The fourth-order valence-corrected chi connectivity index (χ4v) is 1.93. The van der Waals surface area contributed by atoms with Crippen LogP contribution in [-0.4, -0.2) is 13.7 Å². The number of anilines is 1. The number of benzene rings is 2. The molecule has 0 aliphatic carbocycles. The molecule has 2 aromatic carbocycles. The fourth-order valence-electron chi connectivity index (χ4n) is 1.93. The van der Waals surface area contributed by atoms with E-state index in [0.29, 0.717) is 24.7 Å². The van der Waals surface area contributed by atoms with E-state index in [1.54, 1.807) is 13.2 Å². The van der Waals surface area contributed by atoms with Crippen molar-refractivity contribution in [1.29, 1.82) is 0 Å². The van der Waals surface area contributed by atoms with Crippen molar-refractivity contribution in [3.8, 4) is 11.5 Å². The summed E-state index contributed by atoms with van der Waals surface area (Å²) in [5, 5.41) is 2.93. The van der Waals surface area contributed by atoms with Crippen molar-refractivity contribution in [1.82, 2.24) is 0 Å². The first kappa shape index (κ1) is 15.1. The Morgan fingerprint density at radius 2 is 1.86 bits per heavy atom. The zero-order valence-electron chi connectivity index (χ0n) is 12.0. The molecule has 0 bridgehead atoms. The third kappa shape index (κ3) is 3.84. The molecule has 0 saturated heterocycles. The Labute approximate surface area is 122 Å². The molecule has 0 atom stereocenters. The van der Waals surface area contributed by atoms with Crippen LogP contribution in [0.3, 0.4) is 0 Å². The maximum absolute atomic E-state index is 13.5. The molecule has 2 aromatic rings. The van der Waals surface area contributed by atoms with E-state index < -0.39 is 11.6 Å². The Hall–Kier alpha value is -2.30. The lowest BCUT2D eigenvalue weighted by Crippen LogP contribution is -2.03. The molecule has 0 spiro atoms. The van der Waals surface area contributed by atoms with Gasteiger partial charge in [-0.25, -0.2) is 8.78 Å². The second-order valence-corrected chi connectivity index (χ2v) is 4.40. The molecule has 0 radical (unpaired) electrons. The van der Waals surface area contributed by atoms with Gasteiger partial charge in [0, 0.05) is 12.6 Å². The third-order valence-corrected chi connectivity index (χ3v) is 2.94. The Kier molecular flexibility index (Phi) is 4.98. The van der Waals surface area contributed by atoms with Crippen LogP contribution in [0.15, 0.2) is 36.4 Å². The first-order chi connectivity index (χ1) is 10.1. The Bertz CT molecular complexity index is 617. The summed E-state index contributed by atoms with van der Waals surface area (Å²) in [7, 11) is 1.57. The summed E-state index contributed by atoms with van der Waals surface area (Å²) in [6.07, 6.45) is 0. The average molecular weight is 293 g/mol. The molecule has 5 heteroatoms. The van der Waals surface area contributed by atoms with Crippen molar-refractivity contribution in [2.75, 3.05) is 19.0 Å². The van der Waals surface area contributed by atoms with Gasteiger partial charge in [0.1, 0.15) is 11.6 Å². The van der Waals surface area contributed by atoms with Crippen molar-refractivity contribution in [2.24, 2.45) is 0 Å². The normalized spacial score (nSPS) is 10.3. The van der Waals surface area contributed by atoms with Crippen LogP contribution in [0.1, 0.15) is 12.5 Å². The molecule has 21 heavy (non-hydrogen) atoms. The van der Waals surface area contributed by atoms with Crippen molar-refractivity contribution in [2.45, 2.75) is 13.5 Å². The number of ether oxygens (including phenoxy) is 2. The number of hydrogen-bond acceptors (Lipinski definition) is 3. The number of rotatable bonds is 6. The second kappa shape index (κ2) is 6.92. The van der Waals surface area contributed by atoms with Crippen LogP contribution in [0.4, 0.5) is 14.5 Å². The van der Waals surface area contributed by atoms with E-state index in [2.05, 4.69) is 5.32 Å². The van der Waals surface area contributed by atoms with E-state index in [4.69, 9.17) is 9.47 Å². The summed E-state index contributed by atoms with van der Waals surface area (Å²) < 4.78 is 37.0. The van der Waals surface area contributed by atoms with E-state index in [1.165, 1.54) is 12.1 Å². The molecule has 2 rings (SSSR count). The lowest BCUT2D eigenvalue weighted by Gasteiger charge is -2.12. The van der Waals surface area contributed by atoms with Crippen LogP contribution in [0.25, 0.3) is 0 Å². The lowest BCUT2D eigenvalue weighted by atomic mass is 10.2. The molecule has 0 saturated carbocycles. The Morgan fingerprint density at radius 3 is 2.52 bits per heavy atom. The van der Waals surface area contributed by atoms with Gasteiger partial charge in [-0.1, -0.05) is 6.07 Å². The minimum atomic E-state index is -0.617. The summed E-state index contributed by atoms with van der Waals surface area (Å²) in [4.78, 5) is 0. The maximum Gasteiger partial charge on any atom is 0.161 e. The molecular weight excluding hydrogens is 276 g/mol. The van der Waals surface area contributed by atoms with Crippen LogP contribution in [0.5, 0.6) is 11.5 Å². The number of nitrogens with one attached hydrogen (secondary N) is 1. The van der Waals surface area contributed by atoms with Gasteiger partial charge < -0.3 is 14.8 Å². The van der Waals surface area contributed by atoms with Gasteiger partial charge in [-0.3, -0.25) is 0 Å². The topological polar surface area (TPSA) is 30.5 Å². The van der Waals surface area contributed by atoms with Gasteiger partial charge in [0.05, 0.1) is 19.4 Å². The van der Waals surface area contributed by atoms with E-state index >= 15 is 0 Å². The van der Waals surface area contributed by atoms with Gasteiger partial charge in [-0.05, 0) is 36.8 Å². The highest BCUT2D eigenvalue weighted by Gasteiger charge is 2.07. The Morgan fingerprint density at radius 1 is 1.05 bits per heavy atom. The van der Waals surface area contributed by atoms with Crippen molar-refractivity contribution >= 4 is 5.69 Å². The minimum Gasteiger partial charge on any atom is -0.493 e. The number of halogens is 2. The van der Waals surface area contributed by atoms with Crippen LogP contribution >= 0.6 is 0 Å². The summed E-state index contributed by atoms with van der Waals surface area (Å²) in [5.74, 6) is 0.0714. The minimum absolute atomic E-state index is 0.255. The molecule has 1 N–H and O–H groups in total. The van der Waals surface area contributed by atoms with Crippen LogP contribution in [0.2, 0.25) is 0 Å². The van der Waals surface area contributed by atoms with Crippen LogP contribution in [0, 0.1) is 11.6 Å². The fraction of sp³-hybridized carbons (Fsp3) is 0.250. The summed E-state index contributed by atoms with van der Waals surface area (Å²) in [5.41, 5.74) is 1.16. The highest BCUT2D eigenvalue weighted by Crippen LogP contribution is 2.28. The molecule has 0 fully saturated rings. The number of methoxy groups -OCH3 is 1. The maximum atomic E-state index is 13.5. The monoisotopic (exact) mass is 293 g/mol. The molecule has 112 valence electrons. The first-order valence-electron chi connectivity index (χ1n) is 6.62. The third-order valence-electron chi connectivity index (χ3n) is 2.94. The van der Waals surface area contributed by atoms with E-state index in [0.717, 1.165) is 11.6 Å².